The summed E-state index contributed by atoms with van der Waals surface area (Å²) in [4.78, 5) is 4.20. The molecule has 1 aromatic rings. The van der Waals surface area contributed by atoms with E-state index in [0.29, 0.717) is 6.04 Å². The average molecular weight is 207 g/mol. The van der Waals surface area contributed by atoms with Gasteiger partial charge in [-0.3, -0.25) is 0 Å². The largest absolute Gasteiger partial charge is 0.370 e. The second-order valence-corrected chi connectivity index (χ2v) is 3.96. The van der Waals surface area contributed by atoms with Crippen LogP contribution in [0, 0.1) is 0 Å². The lowest BCUT2D eigenvalue weighted by Gasteiger charge is -2.08. The summed E-state index contributed by atoms with van der Waals surface area (Å²) in [5.41, 5.74) is 0. The molecule has 1 heterocycles. The summed E-state index contributed by atoms with van der Waals surface area (Å²) in [6.07, 6.45) is 4.19. The van der Waals surface area contributed by atoms with Crippen LogP contribution in [0.3, 0.4) is 0 Å². The molecule has 3 nitrogen and oxygen atoms in total. The first-order chi connectivity index (χ1) is 7.29. The maximum absolute atomic E-state index is 4.20. The van der Waals surface area contributed by atoms with Crippen LogP contribution in [0.2, 0.25) is 0 Å². The van der Waals surface area contributed by atoms with Gasteiger partial charge in [-0.2, -0.15) is 0 Å². The Hall–Kier alpha value is -1.09. The summed E-state index contributed by atoms with van der Waals surface area (Å²) < 4.78 is 0. The van der Waals surface area contributed by atoms with Gasteiger partial charge in [0.25, 0.3) is 0 Å². The summed E-state index contributed by atoms with van der Waals surface area (Å²) in [5.74, 6) is 0.967. The minimum Gasteiger partial charge on any atom is -0.370 e. The van der Waals surface area contributed by atoms with Crippen molar-refractivity contribution >= 4 is 5.82 Å². The van der Waals surface area contributed by atoms with Crippen LogP contribution in [0.15, 0.2) is 24.4 Å². The molecule has 0 unspecified atom stereocenters. The van der Waals surface area contributed by atoms with Crippen molar-refractivity contribution in [1.29, 1.82) is 0 Å². The Morgan fingerprint density at radius 3 is 2.67 bits per heavy atom. The molecule has 0 fully saturated rings. The van der Waals surface area contributed by atoms with Gasteiger partial charge in [-0.05, 0) is 31.5 Å². The molecule has 3 heteroatoms. The molecule has 1 aromatic heterocycles. The van der Waals surface area contributed by atoms with Gasteiger partial charge in [-0.15, -0.1) is 0 Å². The molecule has 0 atom stereocenters. The summed E-state index contributed by atoms with van der Waals surface area (Å²) in [7, 11) is 0. The molecular formula is C12H21N3. The van der Waals surface area contributed by atoms with Crippen molar-refractivity contribution in [2.45, 2.75) is 32.7 Å². The van der Waals surface area contributed by atoms with Crippen molar-refractivity contribution in [3.8, 4) is 0 Å². The monoisotopic (exact) mass is 207 g/mol. The van der Waals surface area contributed by atoms with Gasteiger partial charge in [-0.1, -0.05) is 19.9 Å². The zero-order valence-corrected chi connectivity index (χ0v) is 9.66. The molecule has 0 aliphatic rings. The number of nitrogens with zero attached hydrogens (tertiary/aromatic N) is 1. The molecule has 1 rings (SSSR count). The van der Waals surface area contributed by atoms with Crippen molar-refractivity contribution in [2.75, 3.05) is 18.4 Å². The molecular weight excluding hydrogens is 186 g/mol. The van der Waals surface area contributed by atoms with Crippen molar-refractivity contribution in [2.24, 2.45) is 0 Å². The van der Waals surface area contributed by atoms with Crippen molar-refractivity contribution in [3.63, 3.8) is 0 Å². The second-order valence-electron chi connectivity index (χ2n) is 3.96. The molecule has 0 saturated carbocycles. The highest BCUT2D eigenvalue weighted by atomic mass is 15.0. The molecule has 2 N–H and O–H groups in total. The van der Waals surface area contributed by atoms with E-state index < -0.39 is 0 Å². The number of pyridine rings is 1. The quantitative estimate of drug-likeness (QED) is 0.673. The van der Waals surface area contributed by atoms with E-state index in [1.54, 1.807) is 0 Å². The maximum Gasteiger partial charge on any atom is 0.125 e. The van der Waals surface area contributed by atoms with Crippen LogP contribution >= 0.6 is 0 Å². The van der Waals surface area contributed by atoms with Crippen molar-refractivity contribution in [1.82, 2.24) is 10.3 Å². The first kappa shape index (κ1) is 12.0. The minimum atomic E-state index is 0.591. The van der Waals surface area contributed by atoms with Crippen LogP contribution in [-0.4, -0.2) is 24.1 Å². The third kappa shape index (κ3) is 6.07. The number of nitrogens with one attached hydrogen (secondary N) is 2. The number of anilines is 1. The molecule has 0 spiro atoms. The summed E-state index contributed by atoms with van der Waals surface area (Å²) >= 11 is 0. The van der Waals surface area contributed by atoms with E-state index in [1.807, 2.05) is 24.4 Å². The number of unbranched alkanes of at least 4 members (excludes halogenated alkanes) is 1. The fraction of sp³-hybridized carbons (Fsp3) is 0.583. The summed E-state index contributed by atoms with van der Waals surface area (Å²) in [6, 6.07) is 6.51. The standard InChI is InChI=1S/C12H21N3/c1-11(2)13-8-5-6-10-15-12-7-3-4-9-14-12/h3-4,7,9,11,13H,5-6,8,10H2,1-2H3,(H,14,15). The third-order valence-corrected chi connectivity index (χ3v) is 2.13. The molecule has 0 bridgehead atoms. The zero-order chi connectivity index (χ0) is 10.9. The van der Waals surface area contributed by atoms with Crippen molar-refractivity contribution in [3.05, 3.63) is 24.4 Å². The van der Waals surface area contributed by atoms with Gasteiger partial charge in [0.2, 0.25) is 0 Å². The van der Waals surface area contributed by atoms with E-state index in [-0.39, 0.29) is 0 Å². The van der Waals surface area contributed by atoms with Gasteiger partial charge in [0.05, 0.1) is 0 Å². The van der Waals surface area contributed by atoms with Crippen LogP contribution < -0.4 is 10.6 Å². The van der Waals surface area contributed by atoms with Gasteiger partial charge >= 0.3 is 0 Å². The number of aromatic nitrogens is 1. The third-order valence-electron chi connectivity index (χ3n) is 2.13. The first-order valence-corrected chi connectivity index (χ1v) is 5.67. The zero-order valence-electron chi connectivity index (χ0n) is 9.66. The van der Waals surface area contributed by atoms with Crippen LogP contribution in [0.5, 0.6) is 0 Å². The molecule has 0 aliphatic heterocycles. The van der Waals surface area contributed by atoms with Gasteiger partial charge < -0.3 is 10.6 Å². The lowest BCUT2D eigenvalue weighted by atomic mass is 10.3. The van der Waals surface area contributed by atoms with E-state index in [9.17, 15) is 0 Å². The van der Waals surface area contributed by atoms with Gasteiger partial charge in [0, 0.05) is 18.8 Å². The van der Waals surface area contributed by atoms with E-state index in [4.69, 9.17) is 0 Å². The molecule has 0 saturated heterocycles. The molecule has 0 aromatic carbocycles. The van der Waals surface area contributed by atoms with E-state index in [1.165, 1.54) is 12.8 Å². The Morgan fingerprint density at radius 1 is 1.20 bits per heavy atom. The molecule has 15 heavy (non-hydrogen) atoms. The fourth-order valence-corrected chi connectivity index (χ4v) is 1.32. The van der Waals surface area contributed by atoms with Crippen LogP contribution in [0.1, 0.15) is 26.7 Å². The predicted octanol–water partition coefficient (Wildman–Crippen LogP) is 2.27. The van der Waals surface area contributed by atoms with Gasteiger partial charge in [-0.25, -0.2) is 4.98 Å². The smallest absolute Gasteiger partial charge is 0.125 e. The van der Waals surface area contributed by atoms with E-state index in [2.05, 4.69) is 29.5 Å². The average Bonchev–Trinajstić information content (AvgIpc) is 2.24. The lowest BCUT2D eigenvalue weighted by molar-refractivity contribution is 0.562. The van der Waals surface area contributed by atoms with E-state index in [0.717, 1.165) is 18.9 Å². The Bertz CT molecular complexity index is 246. The van der Waals surface area contributed by atoms with Crippen LogP contribution in [0.4, 0.5) is 5.82 Å². The highest BCUT2D eigenvalue weighted by Crippen LogP contribution is 2.00. The normalized spacial score (nSPS) is 10.6. The highest BCUT2D eigenvalue weighted by molar-refractivity contribution is 5.32. The highest BCUT2D eigenvalue weighted by Gasteiger charge is 1.93. The van der Waals surface area contributed by atoms with Crippen molar-refractivity contribution < 1.29 is 0 Å². The van der Waals surface area contributed by atoms with Crippen LogP contribution in [-0.2, 0) is 0 Å². The predicted molar refractivity (Wildman–Crippen MR) is 65.1 cm³/mol. The van der Waals surface area contributed by atoms with E-state index >= 15 is 0 Å². The lowest BCUT2D eigenvalue weighted by Crippen LogP contribution is -2.24. The Labute approximate surface area is 92.3 Å². The van der Waals surface area contributed by atoms with Crippen LogP contribution in [0.25, 0.3) is 0 Å². The van der Waals surface area contributed by atoms with Gasteiger partial charge in [0.15, 0.2) is 0 Å². The first-order valence-electron chi connectivity index (χ1n) is 5.67. The molecule has 0 aliphatic carbocycles. The fourth-order valence-electron chi connectivity index (χ4n) is 1.32. The minimum absolute atomic E-state index is 0.591. The summed E-state index contributed by atoms with van der Waals surface area (Å²) in [5, 5.41) is 6.69. The summed E-state index contributed by atoms with van der Waals surface area (Å²) in [6.45, 7) is 6.44. The Balaban J connectivity index is 1.98. The SMILES string of the molecule is CC(C)NCCCCNc1ccccn1. The maximum atomic E-state index is 4.20. The number of hydrogen-bond acceptors (Lipinski definition) is 3. The number of hydrogen-bond donors (Lipinski definition) is 2. The molecule has 0 amide bonds. The Kier molecular flexibility index (Phi) is 5.78. The topological polar surface area (TPSA) is 37.0 Å². The second kappa shape index (κ2) is 7.23. The molecule has 0 radical (unpaired) electrons. The van der Waals surface area contributed by atoms with Gasteiger partial charge in [0.1, 0.15) is 5.82 Å². The molecule has 84 valence electrons. The number of rotatable bonds is 7. The Morgan fingerprint density at radius 2 is 2.00 bits per heavy atom.